The number of hydrogen-bond acceptors (Lipinski definition) is 4. The Bertz CT molecular complexity index is 628. The first-order valence-electron chi connectivity index (χ1n) is 6.03. The molecule has 4 nitrogen and oxygen atoms in total. The van der Waals surface area contributed by atoms with Crippen LogP contribution in [0.25, 0.3) is 0 Å². The largest absolute Gasteiger partial charge is 0.396 e. The third kappa shape index (κ3) is 3.02. The predicted molar refractivity (Wildman–Crippen MR) is 76.7 cm³/mol. The smallest absolute Gasteiger partial charge is 0.152 e. The van der Waals surface area contributed by atoms with Gasteiger partial charge in [-0.3, -0.25) is 0 Å². The van der Waals surface area contributed by atoms with Crippen LogP contribution in [0.4, 0.5) is 11.5 Å². The monoisotopic (exact) mass is 252 g/mol. The van der Waals surface area contributed by atoms with Gasteiger partial charge in [0, 0.05) is 19.3 Å². The van der Waals surface area contributed by atoms with Crippen molar-refractivity contribution in [3.63, 3.8) is 0 Å². The molecular formula is C15H16N4. The highest BCUT2D eigenvalue weighted by atomic mass is 15.2. The average Bonchev–Trinajstić information content (AvgIpc) is 2.41. The second-order valence-electron chi connectivity index (χ2n) is 4.53. The number of aromatic nitrogens is 1. The van der Waals surface area contributed by atoms with Gasteiger partial charge in [-0.25, -0.2) is 4.98 Å². The number of anilines is 2. The molecule has 0 radical (unpaired) electrons. The van der Waals surface area contributed by atoms with Gasteiger partial charge in [-0.2, -0.15) is 5.26 Å². The van der Waals surface area contributed by atoms with Crippen LogP contribution in [0.1, 0.15) is 16.8 Å². The van der Waals surface area contributed by atoms with Gasteiger partial charge in [-0.15, -0.1) is 0 Å². The first kappa shape index (κ1) is 12.9. The summed E-state index contributed by atoms with van der Waals surface area (Å²) in [4.78, 5) is 6.43. The number of nitrogens with zero attached hydrogens (tertiary/aromatic N) is 3. The summed E-state index contributed by atoms with van der Waals surface area (Å²) in [6, 6.07) is 13.4. The van der Waals surface area contributed by atoms with Crippen LogP contribution in [0.5, 0.6) is 0 Å². The molecular weight excluding hydrogens is 236 g/mol. The number of hydrogen-bond donors (Lipinski definition) is 1. The van der Waals surface area contributed by atoms with Gasteiger partial charge in [0.2, 0.25) is 0 Å². The van der Waals surface area contributed by atoms with Gasteiger partial charge in [0.25, 0.3) is 0 Å². The lowest BCUT2D eigenvalue weighted by atomic mass is 10.1. The highest BCUT2D eigenvalue weighted by molar-refractivity contribution is 5.62. The quantitative estimate of drug-likeness (QED) is 0.911. The lowest BCUT2D eigenvalue weighted by molar-refractivity contribution is 0.894. The van der Waals surface area contributed by atoms with Crippen LogP contribution in [0, 0.1) is 18.3 Å². The van der Waals surface area contributed by atoms with Crippen LogP contribution in [-0.2, 0) is 6.54 Å². The molecule has 2 N–H and O–H groups in total. The van der Waals surface area contributed by atoms with Crippen LogP contribution >= 0.6 is 0 Å². The van der Waals surface area contributed by atoms with E-state index in [1.807, 2.05) is 49.2 Å². The number of pyridine rings is 1. The fourth-order valence-corrected chi connectivity index (χ4v) is 1.95. The third-order valence-electron chi connectivity index (χ3n) is 2.88. The lowest BCUT2D eigenvalue weighted by Gasteiger charge is -2.20. The van der Waals surface area contributed by atoms with E-state index >= 15 is 0 Å². The van der Waals surface area contributed by atoms with Crippen molar-refractivity contribution in [2.45, 2.75) is 13.5 Å². The predicted octanol–water partition coefficient (Wildman–Crippen LogP) is 2.48. The molecule has 0 atom stereocenters. The number of benzene rings is 1. The number of nitrogens with two attached hydrogens (primary N) is 1. The molecule has 19 heavy (non-hydrogen) atoms. The summed E-state index contributed by atoms with van der Waals surface area (Å²) in [5.41, 5.74) is 9.26. The Kier molecular flexibility index (Phi) is 3.67. The van der Waals surface area contributed by atoms with E-state index in [1.54, 1.807) is 6.07 Å². The second-order valence-corrected chi connectivity index (χ2v) is 4.53. The van der Waals surface area contributed by atoms with Crippen LogP contribution < -0.4 is 10.6 Å². The highest BCUT2D eigenvalue weighted by Gasteiger charge is 2.08. The van der Waals surface area contributed by atoms with Crippen LogP contribution in [0.2, 0.25) is 0 Å². The van der Waals surface area contributed by atoms with Gasteiger partial charge >= 0.3 is 0 Å². The molecule has 0 aliphatic rings. The maximum atomic E-state index is 8.90. The molecule has 2 rings (SSSR count). The minimum Gasteiger partial charge on any atom is -0.396 e. The molecule has 0 saturated heterocycles. The molecule has 0 amide bonds. The van der Waals surface area contributed by atoms with E-state index in [4.69, 9.17) is 11.0 Å². The first-order valence-corrected chi connectivity index (χ1v) is 6.03. The molecule has 0 spiro atoms. The minimum absolute atomic E-state index is 0.657. The van der Waals surface area contributed by atoms with Crippen LogP contribution in [0.15, 0.2) is 36.4 Å². The van der Waals surface area contributed by atoms with E-state index in [0.717, 1.165) is 17.1 Å². The number of nitrogen functional groups attached to an aromatic ring is 1. The number of rotatable bonds is 3. The van der Waals surface area contributed by atoms with E-state index < -0.39 is 0 Å². The van der Waals surface area contributed by atoms with Gasteiger partial charge < -0.3 is 10.6 Å². The average molecular weight is 252 g/mol. The van der Waals surface area contributed by atoms with Crippen molar-refractivity contribution >= 4 is 11.5 Å². The van der Waals surface area contributed by atoms with Crippen molar-refractivity contribution in [3.8, 4) is 6.07 Å². The maximum Gasteiger partial charge on any atom is 0.152 e. The van der Waals surface area contributed by atoms with Crippen molar-refractivity contribution in [1.29, 1.82) is 5.26 Å². The molecule has 1 aromatic heterocycles. The minimum atomic E-state index is 0.657. The molecule has 1 aromatic carbocycles. The van der Waals surface area contributed by atoms with Crippen molar-refractivity contribution in [1.82, 2.24) is 4.98 Å². The van der Waals surface area contributed by atoms with E-state index in [2.05, 4.69) is 11.1 Å². The highest BCUT2D eigenvalue weighted by Crippen LogP contribution is 2.21. The van der Waals surface area contributed by atoms with Crippen molar-refractivity contribution in [3.05, 3.63) is 53.2 Å². The third-order valence-corrected chi connectivity index (χ3v) is 2.88. The molecule has 0 aliphatic carbocycles. The number of aryl methyl sites for hydroxylation is 1. The van der Waals surface area contributed by atoms with Gasteiger partial charge in [0.15, 0.2) is 5.82 Å². The molecule has 4 heteroatoms. The fourth-order valence-electron chi connectivity index (χ4n) is 1.95. The molecule has 0 saturated carbocycles. The van der Waals surface area contributed by atoms with Gasteiger partial charge in [-0.1, -0.05) is 12.1 Å². The Morgan fingerprint density at radius 1 is 1.32 bits per heavy atom. The Morgan fingerprint density at radius 2 is 2.11 bits per heavy atom. The summed E-state index contributed by atoms with van der Waals surface area (Å²) >= 11 is 0. The van der Waals surface area contributed by atoms with Gasteiger partial charge in [-0.05, 0) is 36.8 Å². The Morgan fingerprint density at radius 3 is 2.84 bits per heavy atom. The van der Waals surface area contributed by atoms with Crippen molar-refractivity contribution < 1.29 is 0 Å². The Hall–Kier alpha value is -2.54. The van der Waals surface area contributed by atoms with Crippen molar-refractivity contribution in [2.75, 3.05) is 17.7 Å². The van der Waals surface area contributed by atoms with E-state index in [-0.39, 0.29) is 0 Å². The summed E-state index contributed by atoms with van der Waals surface area (Å²) in [6.45, 7) is 2.60. The fraction of sp³-hybridized carbons (Fsp3) is 0.200. The lowest BCUT2D eigenvalue weighted by Crippen LogP contribution is -2.19. The number of nitriles is 1. The molecule has 96 valence electrons. The molecule has 1 heterocycles. The van der Waals surface area contributed by atoms with Crippen LogP contribution in [-0.4, -0.2) is 12.0 Å². The molecule has 0 bridgehead atoms. The van der Waals surface area contributed by atoms with E-state index in [9.17, 15) is 0 Å². The van der Waals surface area contributed by atoms with Gasteiger partial charge in [0.1, 0.15) is 0 Å². The normalized spacial score (nSPS) is 9.95. The molecule has 0 unspecified atom stereocenters. The second kappa shape index (κ2) is 5.40. The summed E-state index contributed by atoms with van der Waals surface area (Å²) in [7, 11) is 1.94. The maximum absolute atomic E-state index is 8.90. The topological polar surface area (TPSA) is 65.9 Å². The molecule has 2 aromatic rings. The zero-order valence-corrected chi connectivity index (χ0v) is 11.1. The summed E-state index contributed by atoms with van der Waals surface area (Å²) in [5, 5.41) is 8.90. The summed E-state index contributed by atoms with van der Waals surface area (Å²) in [6.07, 6.45) is 0. The van der Waals surface area contributed by atoms with E-state index in [1.165, 1.54) is 0 Å². The standard InChI is InChI=1S/C15H16N4/c1-11-6-7-14(17)15(18-11)19(2)10-13-5-3-4-12(8-13)9-16/h3-8H,10,17H2,1-2H3. The molecule has 0 fully saturated rings. The van der Waals surface area contributed by atoms with Crippen molar-refractivity contribution in [2.24, 2.45) is 0 Å². The molecule has 0 aliphatic heterocycles. The summed E-state index contributed by atoms with van der Waals surface area (Å²) < 4.78 is 0. The van der Waals surface area contributed by atoms with E-state index in [0.29, 0.717) is 17.8 Å². The Labute approximate surface area is 113 Å². The van der Waals surface area contributed by atoms with Crippen LogP contribution in [0.3, 0.4) is 0 Å². The zero-order chi connectivity index (χ0) is 13.8. The Balaban J connectivity index is 2.23. The summed E-state index contributed by atoms with van der Waals surface area (Å²) in [5.74, 6) is 0.766. The first-order chi connectivity index (χ1) is 9.10. The zero-order valence-electron chi connectivity index (χ0n) is 11.1. The SMILES string of the molecule is Cc1ccc(N)c(N(C)Cc2cccc(C#N)c2)n1. The van der Waals surface area contributed by atoms with Gasteiger partial charge in [0.05, 0.1) is 17.3 Å².